The molecule has 1 heterocycles. The lowest BCUT2D eigenvalue weighted by atomic mass is 10.2. The molecule has 1 aliphatic heterocycles. The number of likely N-dealkylation sites (tertiary alicyclic amines) is 1. The molecule has 1 atom stereocenters. The van der Waals surface area contributed by atoms with Gasteiger partial charge >= 0.3 is 6.09 Å². The summed E-state index contributed by atoms with van der Waals surface area (Å²) in [6.45, 7) is 6.82. The van der Waals surface area contributed by atoms with E-state index < -0.39 is 17.7 Å². The van der Waals surface area contributed by atoms with Crippen molar-refractivity contribution in [2.45, 2.75) is 45.3 Å². The van der Waals surface area contributed by atoms with Crippen molar-refractivity contribution in [1.82, 2.24) is 10.2 Å². The van der Waals surface area contributed by atoms with Crippen LogP contribution in [0.4, 0.5) is 4.79 Å². The fourth-order valence-corrected chi connectivity index (χ4v) is 1.89. The zero-order valence-corrected chi connectivity index (χ0v) is 11.4. The Morgan fingerprint density at radius 1 is 1.44 bits per heavy atom. The summed E-state index contributed by atoms with van der Waals surface area (Å²) in [6.07, 6.45) is 1.07. The molecule has 0 spiro atoms. The highest BCUT2D eigenvalue weighted by Crippen LogP contribution is 2.20. The lowest BCUT2D eigenvalue weighted by Gasteiger charge is -2.28. The molecule has 0 aromatic carbocycles. The molecule has 6 nitrogen and oxygen atoms in total. The van der Waals surface area contributed by atoms with E-state index in [0.717, 1.165) is 6.42 Å². The van der Waals surface area contributed by atoms with Gasteiger partial charge in [0.2, 0.25) is 5.91 Å². The topological polar surface area (TPSA) is 84.7 Å². The van der Waals surface area contributed by atoms with Crippen molar-refractivity contribution < 1.29 is 14.3 Å². The second-order valence-electron chi connectivity index (χ2n) is 5.41. The third-order valence-electron chi connectivity index (χ3n) is 2.63. The molecule has 1 fully saturated rings. The molecular formula is C12H23N3O3. The van der Waals surface area contributed by atoms with E-state index in [4.69, 9.17) is 10.5 Å². The summed E-state index contributed by atoms with van der Waals surface area (Å²) in [5.74, 6) is -0.149. The molecule has 0 saturated carbocycles. The van der Waals surface area contributed by atoms with Crippen LogP contribution >= 0.6 is 0 Å². The van der Waals surface area contributed by atoms with Crippen LogP contribution < -0.4 is 11.1 Å². The zero-order valence-electron chi connectivity index (χ0n) is 11.4. The van der Waals surface area contributed by atoms with E-state index >= 15 is 0 Å². The van der Waals surface area contributed by atoms with Gasteiger partial charge in [0.15, 0.2) is 0 Å². The summed E-state index contributed by atoms with van der Waals surface area (Å²) in [5, 5.41) is 2.71. The monoisotopic (exact) mass is 257 g/mol. The first kappa shape index (κ1) is 14.8. The summed E-state index contributed by atoms with van der Waals surface area (Å²) >= 11 is 0. The fourth-order valence-electron chi connectivity index (χ4n) is 1.89. The maximum absolute atomic E-state index is 11.9. The molecule has 0 radical (unpaired) electrons. The van der Waals surface area contributed by atoms with E-state index in [1.54, 1.807) is 0 Å². The van der Waals surface area contributed by atoms with Crippen molar-refractivity contribution in [2.75, 3.05) is 19.6 Å². The Bertz CT molecular complexity index is 312. The highest BCUT2D eigenvalue weighted by atomic mass is 16.6. The summed E-state index contributed by atoms with van der Waals surface area (Å²) in [5.41, 5.74) is 4.79. The molecule has 0 unspecified atom stereocenters. The van der Waals surface area contributed by atoms with Gasteiger partial charge in [-0.15, -0.1) is 0 Å². The Balaban J connectivity index is 2.59. The summed E-state index contributed by atoms with van der Waals surface area (Å²) in [7, 11) is 0. The molecule has 18 heavy (non-hydrogen) atoms. The molecular weight excluding hydrogens is 234 g/mol. The summed E-state index contributed by atoms with van der Waals surface area (Å²) in [4.78, 5) is 25.3. The minimum atomic E-state index is -0.544. The molecule has 0 aromatic heterocycles. The van der Waals surface area contributed by atoms with Gasteiger partial charge in [-0.3, -0.25) is 9.69 Å². The fraction of sp³-hybridized carbons (Fsp3) is 0.833. The third kappa shape index (κ3) is 4.18. The second kappa shape index (κ2) is 6.04. The van der Waals surface area contributed by atoms with Gasteiger partial charge in [-0.25, -0.2) is 4.79 Å². The number of nitrogens with zero attached hydrogens (tertiary/aromatic N) is 1. The third-order valence-corrected chi connectivity index (χ3v) is 2.63. The molecule has 104 valence electrons. The van der Waals surface area contributed by atoms with Crippen LogP contribution in [0.1, 0.15) is 33.6 Å². The average molecular weight is 257 g/mol. The van der Waals surface area contributed by atoms with Crippen LogP contribution in [0.25, 0.3) is 0 Å². The first-order valence-electron chi connectivity index (χ1n) is 6.32. The van der Waals surface area contributed by atoms with E-state index in [-0.39, 0.29) is 5.91 Å². The Morgan fingerprint density at radius 3 is 2.67 bits per heavy atom. The number of nitrogens with two attached hydrogens (primary N) is 1. The number of carbonyl (C=O) groups is 2. The van der Waals surface area contributed by atoms with Gasteiger partial charge in [-0.1, -0.05) is 0 Å². The summed E-state index contributed by atoms with van der Waals surface area (Å²) in [6, 6.07) is -0.425. The van der Waals surface area contributed by atoms with Crippen LogP contribution in [0.5, 0.6) is 0 Å². The molecule has 6 heteroatoms. The van der Waals surface area contributed by atoms with Crippen LogP contribution in [-0.4, -0.2) is 48.2 Å². The molecule has 1 rings (SSSR count). The van der Waals surface area contributed by atoms with Gasteiger partial charge in [-0.2, -0.15) is 0 Å². The van der Waals surface area contributed by atoms with Crippen LogP contribution in [0.3, 0.4) is 0 Å². The molecule has 0 aliphatic carbocycles. The van der Waals surface area contributed by atoms with E-state index in [1.807, 2.05) is 20.8 Å². The predicted octanol–water partition coefficient (Wildman–Crippen LogP) is 0.461. The van der Waals surface area contributed by atoms with Crippen molar-refractivity contribution in [2.24, 2.45) is 5.73 Å². The number of carbonyl (C=O) groups excluding carboxylic acids is 2. The first-order valence-corrected chi connectivity index (χ1v) is 6.32. The molecule has 0 bridgehead atoms. The van der Waals surface area contributed by atoms with E-state index in [9.17, 15) is 9.59 Å². The second-order valence-corrected chi connectivity index (χ2v) is 5.41. The van der Waals surface area contributed by atoms with Crippen molar-refractivity contribution in [3.63, 3.8) is 0 Å². The SMILES string of the molecule is CC(C)(C)OC(=O)N1CCC[C@H]1C(=O)NCCN. The smallest absolute Gasteiger partial charge is 0.410 e. The molecule has 2 amide bonds. The van der Waals surface area contributed by atoms with Gasteiger partial charge < -0.3 is 15.8 Å². The molecule has 3 N–H and O–H groups in total. The van der Waals surface area contributed by atoms with Crippen molar-refractivity contribution in [3.05, 3.63) is 0 Å². The number of amides is 2. The summed E-state index contributed by atoms with van der Waals surface area (Å²) < 4.78 is 5.29. The number of nitrogens with one attached hydrogen (secondary N) is 1. The van der Waals surface area contributed by atoms with Crippen molar-refractivity contribution >= 4 is 12.0 Å². The van der Waals surface area contributed by atoms with Gasteiger partial charge in [0, 0.05) is 19.6 Å². The van der Waals surface area contributed by atoms with Crippen LogP contribution in [0.2, 0.25) is 0 Å². The number of rotatable bonds is 3. The Labute approximate surface area is 108 Å². The maximum atomic E-state index is 11.9. The van der Waals surface area contributed by atoms with Crippen molar-refractivity contribution in [1.29, 1.82) is 0 Å². The molecule has 0 aromatic rings. The highest BCUT2D eigenvalue weighted by Gasteiger charge is 2.36. The number of ether oxygens (including phenoxy) is 1. The quantitative estimate of drug-likeness (QED) is 0.769. The number of hydrogen-bond donors (Lipinski definition) is 2. The van der Waals surface area contributed by atoms with Gasteiger partial charge in [0.05, 0.1) is 0 Å². The lowest BCUT2D eigenvalue weighted by molar-refractivity contribution is -0.125. The van der Waals surface area contributed by atoms with Gasteiger partial charge in [0.25, 0.3) is 0 Å². The first-order chi connectivity index (χ1) is 8.35. The molecule has 1 aliphatic rings. The Hall–Kier alpha value is -1.30. The zero-order chi connectivity index (χ0) is 13.8. The van der Waals surface area contributed by atoms with E-state index in [0.29, 0.717) is 26.1 Å². The van der Waals surface area contributed by atoms with Crippen molar-refractivity contribution in [3.8, 4) is 0 Å². The van der Waals surface area contributed by atoms with Gasteiger partial charge in [0.1, 0.15) is 11.6 Å². The lowest BCUT2D eigenvalue weighted by Crippen LogP contribution is -2.48. The van der Waals surface area contributed by atoms with Crippen LogP contribution in [-0.2, 0) is 9.53 Å². The Morgan fingerprint density at radius 2 is 2.11 bits per heavy atom. The predicted molar refractivity (Wildman–Crippen MR) is 68.0 cm³/mol. The maximum Gasteiger partial charge on any atom is 0.410 e. The highest BCUT2D eigenvalue weighted by molar-refractivity contribution is 5.86. The number of hydrogen-bond acceptors (Lipinski definition) is 4. The normalized spacial score (nSPS) is 19.8. The average Bonchev–Trinajstić information content (AvgIpc) is 2.72. The largest absolute Gasteiger partial charge is 0.444 e. The van der Waals surface area contributed by atoms with E-state index in [2.05, 4.69) is 5.32 Å². The van der Waals surface area contributed by atoms with Gasteiger partial charge in [-0.05, 0) is 33.6 Å². The Kier molecular flexibility index (Phi) is 4.95. The molecule has 1 saturated heterocycles. The van der Waals surface area contributed by atoms with E-state index in [1.165, 1.54) is 4.90 Å². The minimum absolute atomic E-state index is 0.149. The van der Waals surface area contributed by atoms with Crippen LogP contribution in [0.15, 0.2) is 0 Å². The van der Waals surface area contributed by atoms with Crippen LogP contribution in [0, 0.1) is 0 Å². The minimum Gasteiger partial charge on any atom is -0.444 e. The standard InChI is InChI=1S/C12H23N3O3/c1-12(2,3)18-11(17)15-8-4-5-9(15)10(16)14-7-6-13/h9H,4-8,13H2,1-3H3,(H,14,16)/t9-/m0/s1.